The summed E-state index contributed by atoms with van der Waals surface area (Å²) in [5, 5.41) is 9.48. The van der Waals surface area contributed by atoms with Crippen molar-refractivity contribution in [1.82, 2.24) is 24.9 Å². The molecule has 174 valence electrons. The third-order valence-corrected chi connectivity index (χ3v) is 6.79. The molecule has 3 amide bonds. The number of carbonyl (C=O) groups is 3. The van der Waals surface area contributed by atoms with Gasteiger partial charge in [0.25, 0.3) is 0 Å². The summed E-state index contributed by atoms with van der Waals surface area (Å²) in [4.78, 5) is 41.4. The number of nitrogens with zero attached hydrogens (tertiary/aromatic N) is 4. The maximum atomic E-state index is 12.8. The number of carbonyl (C=O) groups excluding carboxylic acids is 3. The highest BCUT2D eigenvalue weighted by atomic mass is 32.1. The molecule has 0 unspecified atom stereocenters. The molecule has 2 aromatic heterocycles. The van der Waals surface area contributed by atoms with Crippen molar-refractivity contribution in [2.45, 2.75) is 18.9 Å². The van der Waals surface area contributed by atoms with Crippen LogP contribution in [-0.4, -0.2) is 69.5 Å². The van der Waals surface area contributed by atoms with E-state index in [9.17, 15) is 14.4 Å². The molecule has 2 aliphatic rings. The fourth-order valence-corrected chi connectivity index (χ4v) is 4.57. The molecule has 1 aliphatic heterocycles. The van der Waals surface area contributed by atoms with Crippen LogP contribution in [0.5, 0.6) is 0 Å². The third-order valence-electron chi connectivity index (χ3n) is 5.91. The van der Waals surface area contributed by atoms with Crippen molar-refractivity contribution in [3.05, 3.63) is 65.7 Å². The maximum Gasteiger partial charge on any atom is 0.312 e. The van der Waals surface area contributed by atoms with Crippen LogP contribution in [-0.2, 0) is 14.4 Å². The van der Waals surface area contributed by atoms with Crippen LogP contribution in [0.25, 0.3) is 22.3 Å². The Kier molecular flexibility index (Phi) is 6.27. The Morgan fingerprint density at radius 2 is 1.71 bits per heavy atom. The van der Waals surface area contributed by atoms with Crippen LogP contribution in [0, 0.1) is 0 Å². The van der Waals surface area contributed by atoms with Crippen LogP contribution in [0.2, 0.25) is 0 Å². The highest BCUT2D eigenvalue weighted by Gasteiger charge is 2.31. The molecule has 8 nitrogen and oxygen atoms in total. The molecule has 9 heteroatoms. The molecule has 0 radical (unpaired) electrons. The van der Waals surface area contributed by atoms with Crippen molar-refractivity contribution in [3.8, 4) is 16.3 Å². The number of nitrogens with one attached hydrogen (secondary N) is 1. The van der Waals surface area contributed by atoms with E-state index in [1.807, 2.05) is 58.7 Å². The van der Waals surface area contributed by atoms with Crippen molar-refractivity contribution < 1.29 is 14.4 Å². The predicted octanol–water partition coefficient (Wildman–Crippen LogP) is 2.56. The smallest absolute Gasteiger partial charge is 0.312 e. The van der Waals surface area contributed by atoms with Crippen LogP contribution in [0.3, 0.4) is 0 Å². The molecule has 5 rings (SSSR count). The van der Waals surface area contributed by atoms with E-state index in [1.165, 1.54) is 4.90 Å². The van der Waals surface area contributed by atoms with Gasteiger partial charge < -0.3 is 15.1 Å². The first-order valence-corrected chi connectivity index (χ1v) is 12.2. The predicted molar refractivity (Wildman–Crippen MR) is 130 cm³/mol. The van der Waals surface area contributed by atoms with Gasteiger partial charge >= 0.3 is 11.8 Å². The van der Waals surface area contributed by atoms with Crippen molar-refractivity contribution >= 4 is 35.1 Å². The van der Waals surface area contributed by atoms with Gasteiger partial charge in [-0.2, -0.15) is 5.10 Å². The summed E-state index contributed by atoms with van der Waals surface area (Å²) in [6.45, 7) is 1.49. The number of rotatable bonds is 5. The van der Waals surface area contributed by atoms with Crippen LogP contribution < -0.4 is 5.32 Å². The zero-order valence-corrected chi connectivity index (χ0v) is 19.4. The fraction of sp³-hybridized carbons (Fsp3) is 0.280. The second kappa shape index (κ2) is 9.64. The summed E-state index contributed by atoms with van der Waals surface area (Å²) in [5.41, 5.74) is 2.61. The van der Waals surface area contributed by atoms with E-state index in [4.69, 9.17) is 5.10 Å². The summed E-state index contributed by atoms with van der Waals surface area (Å²) in [5.74, 6) is -1.18. The largest absolute Gasteiger partial charge is 0.345 e. The van der Waals surface area contributed by atoms with Crippen molar-refractivity contribution in [1.29, 1.82) is 0 Å². The number of thiophene rings is 1. The molecule has 1 N–H and O–H groups in total. The summed E-state index contributed by atoms with van der Waals surface area (Å²) >= 11 is 1.60. The van der Waals surface area contributed by atoms with Gasteiger partial charge in [0.2, 0.25) is 5.91 Å². The first-order valence-electron chi connectivity index (χ1n) is 11.3. The monoisotopic (exact) mass is 475 g/mol. The second-order valence-electron chi connectivity index (χ2n) is 8.39. The lowest BCUT2D eigenvalue weighted by Gasteiger charge is -2.33. The van der Waals surface area contributed by atoms with E-state index in [0.717, 1.165) is 34.7 Å². The molecule has 0 bridgehead atoms. The number of piperazine rings is 1. The van der Waals surface area contributed by atoms with E-state index >= 15 is 0 Å². The highest BCUT2D eigenvalue weighted by Crippen LogP contribution is 2.28. The molecular weight excluding hydrogens is 450 g/mol. The van der Waals surface area contributed by atoms with Gasteiger partial charge in [-0.1, -0.05) is 24.3 Å². The highest BCUT2D eigenvalue weighted by molar-refractivity contribution is 7.13. The minimum Gasteiger partial charge on any atom is -0.345 e. The molecule has 3 aromatic rings. The van der Waals surface area contributed by atoms with Crippen LogP contribution in [0.15, 0.2) is 60.1 Å². The second-order valence-corrected chi connectivity index (χ2v) is 9.34. The maximum absolute atomic E-state index is 12.8. The first-order chi connectivity index (χ1) is 16.6. The fourth-order valence-electron chi connectivity index (χ4n) is 3.84. The number of hydrogen-bond acceptors (Lipinski definition) is 5. The SMILES string of the molecule is O=C(NC1CC1)C(=O)N1CCN(C(=O)C=Cc2cn(-c3ccccc3)nc2-c2cccs2)CC1. The molecule has 3 heterocycles. The molecule has 1 saturated carbocycles. The van der Waals surface area contributed by atoms with Gasteiger partial charge in [0.05, 0.1) is 10.6 Å². The van der Waals surface area contributed by atoms with E-state index in [2.05, 4.69) is 5.32 Å². The topological polar surface area (TPSA) is 87.5 Å². The van der Waals surface area contributed by atoms with Crippen LogP contribution in [0.4, 0.5) is 0 Å². The average molecular weight is 476 g/mol. The number of para-hydroxylation sites is 1. The Morgan fingerprint density at radius 3 is 2.38 bits per heavy atom. The Bertz CT molecular complexity index is 1210. The van der Waals surface area contributed by atoms with E-state index in [-0.39, 0.29) is 11.9 Å². The third kappa shape index (κ3) is 4.94. The van der Waals surface area contributed by atoms with Crippen molar-refractivity contribution in [2.24, 2.45) is 0 Å². The zero-order valence-electron chi connectivity index (χ0n) is 18.6. The summed E-state index contributed by atoms with van der Waals surface area (Å²) in [6, 6.07) is 14.0. The molecular formula is C25H25N5O3S. The zero-order chi connectivity index (χ0) is 23.5. The van der Waals surface area contributed by atoms with Gasteiger partial charge in [0.15, 0.2) is 0 Å². The van der Waals surface area contributed by atoms with E-state index in [1.54, 1.807) is 28.4 Å². The lowest BCUT2D eigenvalue weighted by Crippen LogP contribution is -2.53. The van der Waals surface area contributed by atoms with E-state index in [0.29, 0.717) is 26.2 Å². The number of amides is 3. The standard InChI is InChI=1S/C25H25N5O3S/c31-22(28-12-14-29(15-13-28)25(33)24(32)26-19-9-10-19)11-8-18-17-30(20-5-2-1-3-6-20)27-23(18)21-7-4-16-34-21/h1-8,11,16-17,19H,9-10,12-15H2,(H,26,32). The minimum atomic E-state index is -0.543. The number of hydrogen-bond donors (Lipinski definition) is 1. The van der Waals surface area contributed by atoms with Gasteiger partial charge in [0, 0.05) is 50.1 Å². The van der Waals surface area contributed by atoms with Crippen molar-refractivity contribution in [3.63, 3.8) is 0 Å². The molecule has 0 spiro atoms. The van der Waals surface area contributed by atoms with Gasteiger partial charge in [-0.05, 0) is 42.5 Å². The van der Waals surface area contributed by atoms with Gasteiger partial charge in [-0.25, -0.2) is 4.68 Å². The lowest BCUT2D eigenvalue weighted by molar-refractivity contribution is -0.148. The first kappa shape index (κ1) is 22.1. The quantitative estimate of drug-likeness (QED) is 0.454. The van der Waals surface area contributed by atoms with Crippen LogP contribution >= 0.6 is 11.3 Å². The lowest BCUT2D eigenvalue weighted by atomic mass is 10.2. The summed E-state index contributed by atoms with van der Waals surface area (Å²) in [7, 11) is 0. The molecule has 1 aromatic carbocycles. The molecule has 1 aliphatic carbocycles. The molecule has 1 saturated heterocycles. The molecule has 2 fully saturated rings. The van der Waals surface area contributed by atoms with Gasteiger partial charge in [0.1, 0.15) is 5.69 Å². The Hall–Kier alpha value is -3.72. The number of aromatic nitrogens is 2. The summed E-state index contributed by atoms with van der Waals surface area (Å²) in [6.07, 6.45) is 7.15. The van der Waals surface area contributed by atoms with Gasteiger partial charge in [-0.15, -0.1) is 11.3 Å². The minimum absolute atomic E-state index is 0.126. The normalized spacial score (nSPS) is 16.1. The van der Waals surface area contributed by atoms with Crippen molar-refractivity contribution in [2.75, 3.05) is 26.2 Å². The Labute approximate surface area is 201 Å². The molecule has 0 atom stereocenters. The van der Waals surface area contributed by atoms with E-state index < -0.39 is 11.8 Å². The Balaban J connectivity index is 1.25. The average Bonchev–Trinajstić information content (AvgIpc) is 3.34. The number of benzene rings is 1. The Morgan fingerprint density at radius 1 is 0.971 bits per heavy atom. The molecule has 34 heavy (non-hydrogen) atoms. The van der Waals surface area contributed by atoms with Crippen LogP contribution in [0.1, 0.15) is 18.4 Å². The van der Waals surface area contributed by atoms with Gasteiger partial charge in [-0.3, -0.25) is 14.4 Å². The summed E-state index contributed by atoms with van der Waals surface area (Å²) < 4.78 is 1.82.